The molecule has 0 bridgehead atoms. The van der Waals surface area contributed by atoms with Crippen LogP contribution in [0.1, 0.15) is 21.6 Å². The van der Waals surface area contributed by atoms with E-state index in [1.54, 1.807) is 13.0 Å². The van der Waals surface area contributed by atoms with Gasteiger partial charge in [-0.15, -0.1) is 0 Å². The summed E-state index contributed by atoms with van der Waals surface area (Å²) in [7, 11) is 0. The van der Waals surface area contributed by atoms with Crippen LogP contribution in [-0.2, 0) is 6.61 Å². The number of carbonyl (C=O) groups is 1. The first-order valence-electron chi connectivity index (χ1n) is 7.15. The number of aliphatic hydroxyl groups is 1. The number of pyridine rings is 1. The summed E-state index contributed by atoms with van der Waals surface area (Å²) >= 11 is 0. The van der Waals surface area contributed by atoms with Gasteiger partial charge in [0.15, 0.2) is 5.58 Å². The van der Waals surface area contributed by atoms with Crippen LogP contribution in [0.25, 0.3) is 11.0 Å². The first-order chi connectivity index (χ1) is 11.5. The van der Waals surface area contributed by atoms with Crippen molar-refractivity contribution >= 4 is 22.6 Å². The number of amides is 1. The molecule has 0 spiro atoms. The van der Waals surface area contributed by atoms with E-state index in [1.807, 2.05) is 0 Å². The zero-order chi connectivity index (χ0) is 17.3. The SMILES string of the molecule is Cc1ncc(CO)c2cc(C(=O)Nc3ccccc3F)c(=N)oc12. The number of benzene rings is 1. The molecule has 0 aliphatic rings. The molecule has 3 N–H and O–H groups in total. The van der Waals surface area contributed by atoms with E-state index in [1.165, 1.54) is 30.5 Å². The summed E-state index contributed by atoms with van der Waals surface area (Å²) in [6.45, 7) is 1.41. The van der Waals surface area contributed by atoms with Crippen molar-refractivity contribution in [3.8, 4) is 0 Å². The van der Waals surface area contributed by atoms with Crippen LogP contribution in [0.4, 0.5) is 10.1 Å². The highest BCUT2D eigenvalue weighted by Gasteiger charge is 2.16. The summed E-state index contributed by atoms with van der Waals surface area (Å²) in [5.41, 5.74) is 0.919. The molecule has 24 heavy (non-hydrogen) atoms. The Labute approximate surface area is 136 Å². The molecule has 2 heterocycles. The minimum Gasteiger partial charge on any atom is -0.436 e. The van der Waals surface area contributed by atoms with E-state index < -0.39 is 11.7 Å². The zero-order valence-corrected chi connectivity index (χ0v) is 12.8. The first-order valence-corrected chi connectivity index (χ1v) is 7.15. The van der Waals surface area contributed by atoms with Crippen molar-refractivity contribution in [2.45, 2.75) is 13.5 Å². The van der Waals surface area contributed by atoms with Crippen molar-refractivity contribution in [1.82, 2.24) is 4.98 Å². The molecule has 7 heteroatoms. The van der Waals surface area contributed by atoms with Gasteiger partial charge in [-0.05, 0) is 25.1 Å². The van der Waals surface area contributed by atoms with E-state index in [0.29, 0.717) is 22.2 Å². The lowest BCUT2D eigenvalue weighted by molar-refractivity contribution is 0.102. The Morgan fingerprint density at radius 1 is 1.42 bits per heavy atom. The van der Waals surface area contributed by atoms with Gasteiger partial charge in [0, 0.05) is 17.1 Å². The third-order valence-corrected chi connectivity index (χ3v) is 3.61. The highest BCUT2D eigenvalue weighted by Crippen LogP contribution is 2.21. The van der Waals surface area contributed by atoms with Crippen LogP contribution in [0.3, 0.4) is 0 Å². The molecule has 1 aromatic carbocycles. The van der Waals surface area contributed by atoms with E-state index in [9.17, 15) is 14.3 Å². The standard InChI is InChI=1S/C17H14FN3O3/c1-9-15-11(10(8-22)7-20-9)6-12(16(19)24-15)17(23)21-14-5-3-2-4-13(14)18/h2-7,19,22H,8H2,1H3,(H,21,23). The maximum absolute atomic E-state index is 13.7. The predicted molar refractivity (Wildman–Crippen MR) is 84.9 cm³/mol. The van der Waals surface area contributed by atoms with Gasteiger partial charge >= 0.3 is 0 Å². The van der Waals surface area contributed by atoms with Crippen LogP contribution in [0.15, 0.2) is 40.9 Å². The lowest BCUT2D eigenvalue weighted by atomic mass is 10.1. The average molecular weight is 327 g/mol. The van der Waals surface area contributed by atoms with Gasteiger partial charge in [0.25, 0.3) is 5.91 Å². The molecule has 3 rings (SSSR count). The number of hydrogen-bond acceptors (Lipinski definition) is 5. The van der Waals surface area contributed by atoms with Crippen molar-refractivity contribution in [2.75, 3.05) is 5.32 Å². The third-order valence-electron chi connectivity index (χ3n) is 3.61. The topological polar surface area (TPSA) is 99.2 Å². The van der Waals surface area contributed by atoms with Gasteiger partial charge in [-0.2, -0.15) is 0 Å². The fourth-order valence-electron chi connectivity index (χ4n) is 2.34. The molecule has 0 unspecified atom stereocenters. The third kappa shape index (κ3) is 2.77. The van der Waals surface area contributed by atoms with Gasteiger partial charge in [0.05, 0.1) is 18.0 Å². The van der Waals surface area contributed by atoms with Gasteiger partial charge in [-0.25, -0.2) is 4.39 Å². The monoisotopic (exact) mass is 327 g/mol. The molecule has 1 amide bonds. The summed E-state index contributed by atoms with van der Waals surface area (Å²) in [4.78, 5) is 16.5. The van der Waals surface area contributed by atoms with Crippen molar-refractivity contribution < 1.29 is 18.7 Å². The number of hydrogen-bond donors (Lipinski definition) is 3. The van der Waals surface area contributed by atoms with E-state index >= 15 is 0 Å². The molecule has 0 atom stereocenters. The van der Waals surface area contributed by atoms with Crippen molar-refractivity contribution in [1.29, 1.82) is 5.41 Å². The Morgan fingerprint density at radius 3 is 2.88 bits per heavy atom. The van der Waals surface area contributed by atoms with Crippen LogP contribution in [0.5, 0.6) is 0 Å². The second-order valence-electron chi connectivity index (χ2n) is 5.19. The molecule has 2 aromatic heterocycles. The molecule has 6 nitrogen and oxygen atoms in total. The largest absolute Gasteiger partial charge is 0.436 e. The number of nitrogens with one attached hydrogen (secondary N) is 2. The van der Waals surface area contributed by atoms with Gasteiger partial charge in [0.1, 0.15) is 11.4 Å². The summed E-state index contributed by atoms with van der Waals surface area (Å²) in [6, 6.07) is 7.18. The number of para-hydroxylation sites is 1. The number of anilines is 1. The molecule has 0 aliphatic carbocycles. The number of aryl methyl sites for hydroxylation is 1. The molecular weight excluding hydrogens is 313 g/mol. The van der Waals surface area contributed by atoms with Gasteiger partial charge in [-0.1, -0.05) is 12.1 Å². The number of aliphatic hydroxyl groups excluding tert-OH is 1. The summed E-state index contributed by atoms with van der Waals surface area (Å²) in [5, 5.41) is 20.2. The Kier molecular flexibility index (Phi) is 4.09. The number of fused-ring (bicyclic) bond motifs is 1. The summed E-state index contributed by atoms with van der Waals surface area (Å²) in [5.74, 6) is -1.25. The summed E-state index contributed by atoms with van der Waals surface area (Å²) in [6.07, 6.45) is 1.48. The second kappa shape index (κ2) is 6.21. The molecule has 0 aliphatic heterocycles. The minimum absolute atomic E-state index is 0.00953. The number of aromatic nitrogens is 1. The van der Waals surface area contributed by atoms with E-state index in [4.69, 9.17) is 9.83 Å². The Morgan fingerprint density at radius 2 is 2.17 bits per heavy atom. The number of halogens is 1. The van der Waals surface area contributed by atoms with Crippen LogP contribution in [-0.4, -0.2) is 16.0 Å². The van der Waals surface area contributed by atoms with Crippen LogP contribution in [0.2, 0.25) is 0 Å². The van der Waals surface area contributed by atoms with E-state index in [-0.39, 0.29) is 23.4 Å². The molecule has 0 saturated carbocycles. The molecule has 3 aromatic rings. The van der Waals surface area contributed by atoms with Gasteiger partial charge in [-0.3, -0.25) is 15.2 Å². The van der Waals surface area contributed by atoms with Gasteiger partial charge in [0.2, 0.25) is 5.55 Å². The molecule has 0 saturated heterocycles. The second-order valence-corrected chi connectivity index (χ2v) is 5.19. The van der Waals surface area contributed by atoms with Crippen LogP contribution < -0.4 is 10.9 Å². The molecule has 0 radical (unpaired) electrons. The molecular formula is C17H14FN3O3. The smallest absolute Gasteiger partial charge is 0.261 e. The fraction of sp³-hybridized carbons (Fsp3) is 0.118. The van der Waals surface area contributed by atoms with Crippen molar-refractivity contribution in [2.24, 2.45) is 0 Å². The van der Waals surface area contributed by atoms with Crippen LogP contribution >= 0.6 is 0 Å². The average Bonchev–Trinajstić information content (AvgIpc) is 2.57. The molecule has 122 valence electrons. The first kappa shape index (κ1) is 15.8. The number of carbonyl (C=O) groups excluding carboxylic acids is 1. The Bertz CT molecular complexity index is 998. The van der Waals surface area contributed by atoms with Gasteiger partial charge < -0.3 is 14.8 Å². The van der Waals surface area contributed by atoms with Crippen molar-refractivity contribution in [3.63, 3.8) is 0 Å². The maximum Gasteiger partial charge on any atom is 0.261 e. The van der Waals surface area contributed by atoms with E-state index in [0.717, 1.165) is 0 Å². The summed E-state index contributed by atoms with van der Waals surface area (Å²) < 4.78 is 19.1. The maximum atomic E-state index is 13.7. The normalized spacial score (nSPS) is 10.8. The quantitative estimate of drug-likeness (QED) is 0.688. The number of rotatable bonds is 3. The number of nitrogens with zero attached hydrogens (tertiary/aromatic N) is 1. The Balaban J connectivity index is 2.09. The predicted octanol–water partition coefficient (Wildman–Crippen LogP) is 2.50. The van der Waals surface area contributed by atoms with Crippen molar-refractivity contribution in [3.05, 3.63) is 64.7 Å². The lowest BCUT2D eigenvalue weighted by Gasteiger charge is -2.09. The highest BCUT2D eigenvalue weighted by atomic mass is 19.1. The van der Waals surface area contributed by atoms with Crippen LogP contribution in [0, 0.1) is 18.2 Å². The zero-order valence-electron chi connectivity index (χ0n) is 12.8. The highest BCUT2D eigenvalue weighted by molar-refractivity contribution is 6.05. The minimum atomic E-state index is -0.672. The molecule has 0 fully saturated rings. The van der Waals surface area contributed by atoms with E-state index in [2.05, 4.69) is 10.3 Å². The Hall–Kier alpha value is -3.06. The fourth-order valence-corrected chi connectivity index (χ4v) is 2.34. The lowest BCUT2D eigenvalue weighted by Crippen LogP contribution is -2.21.